The van der Waals surface area contributed by atoms with Crippen molar-refractivity contribution in [2.24, 2.45) is 0 Å². The number of allylic oxidation sites excluding steroid dienone is 1. The Hall–Kier alpha value is -2.35. The molecule has 82 valence electrons. The van der Waals surface area contributed by atoms with Crippen LogP contribution in [0.1, 0.15) is 12.0 Å². The van der Waals surface area contributed by atoms with Crippen molar-refractivity contribution in [1.29, 1.82) is 5.26 Å². The summed E-state index contributed by atoms with van der Waals surface area (Å²) in [6.07, 6.45) is 3.29. The number of hydrogen-bond acceptors (Lipinski definition) is 4. The average molecular weight is 218 g/mol. The predicted octanol–water partition coefficient (Wildman–Crippen LogP) is 2.53. The Morgan fingerprint density at radius 2 is 2.38 bits per heavy atom. The van der Waals surface area contributed by atoms with Gasteiger partial charge in [0.1, 0.15) is 5.75 Å². The van der Waals surface area contributed by atoms with Crippen molar-refractivity contribution in [1.82, 2.24) is 0 Å². The molecule has 0 unspecified atom stereocenters. The van der Waals surface area contributed by atoms with E-state index >= 15 is 0 Å². The van der Waals surface area contributed by atoms with Gasteiger partial charge in [-0.05, 0) is 12.1 Å². The second-order valence-corrected chi connectivity index (χ2v) is 2.91. The van der Waals surface area contributed by atoms with Gasteiger partial charge >= 0.3 is 0 Å². The molecule has 0 aliphatic carbocycles. The minimum atomic E-state index is -0.478. The zero-order chi connectivity index (χ0) is 12.0. The van der Waals surface area contributed by atoms with Crippen LogP contribution >= 0.6 is 0 Å². The third kappa shape index (κ3) is 2.58. The van der Waals surface area contributed by atoms with Gasteiger partial charge in [-0.1, -0.05) is 12.1 Å². The van der Waals surface area contributed by atoms with Gasteiger partial charge in [-0.2, -0.15) is 5.26 Å². The molecule has 0 heterocycles. The Kier molecular flexibility index (Phi) is 4.04. The molecule has 0 fully saturated rings. The molecule has 0 aliphatic rings. The Morgan fingerprint density at radius 3 is 2.94 bits per heavy atom. The highest BCUT2D eigenvalue weighted by Gasteiger charge is 2.15. The lowest BCUT2D eigenvalue weighted by Crippen LogP contribution is -1.94. The summed E-state index contributed by atoms with van der Waals surface area (Å²) in [6.45, 7) is 0. The molecule has 0 N–H and O–H groups in total. The smallest absolute Gasteiger partial charge is 0.280 e. The molecule has 1 aromatic carbocycles. The van der Waals surface area contributed by atoms with Crippen LogP contribution in [-0.4, -0.2) is 12.0 Å². The van der Waals surface area contributed by atoms with Crippen molar-refractivity contribution in [2.75, 3.05) is 7.11 Å². The summed E-state index contributed by atoms with van der Waals surface area (Å²) in [5, 5.41) is 19.2. The standard InChI is InChI=1S/C11H10N2O3/c1-16-11-7-4-6-10(13(14)15)9(11)5-2-3-8-12/h2,4-7H,3H2,1H3. The van der Waals surface area contributed by atoms with E-state index < -0.39 is 4.92 Å². The molecule has 0 atom stereocenters. The lowest BCUT2D eigenvalue weighted by atomic mass is 10.1. The van der Waals surface area contributed by atoms with E-state index in [-0.39, 0.29) is 12.1 Å². The highest BCUT2D eigenvalue weighted by atomic mass is 16.6. The normalized spacial score (nSPS) is 10.0. The molecule has 0 bridgehead atoms. The number of benzene rings is 1. The monoisotopic (exact) mass is 218 g/mol. The van der Waals surface area contributed by atoms with Gasteiger partial charge in [0.15, 0.2) is 0 Å². The number of nitriles is 1. The SMILES string of the molecule is COc1cccc([N+](=O)[O-])c1C=CCC#N. The summed E-state index contributed by atoms with van der Waals surface area (Å²) in [5.74, 6) is 0.420. The first-order chi connectivity index (χ1) is 7.70. The van der Waals surface area contributed by atoms with Crippen LogP contribution in [0.15, 0.2) is 24.3 Å². The van der Waals surface area contributed by atoms with E-state index in [4.69, 9.17) is 10.00 Å². The van der Waals surface area contributed by atoms with Crippen molar-refractivity contribution in [3.8, 4) is 11.8 Å². The van der Waals surface area contributed by atoms with Gasteiger partial charge in [0.25, 0.3) is 5.69 Å². The Balaban J connectivity index is 3.20. The first kappa shape index (κ1) is 11.7. The van der Waals surface area contributed by atoms with E-state index in [1.54, 1.807) is 18.2 Å². The number of ether oxygens (including phenoxy) is 1. The van der Waals surface area contributed by atoms with Gasteiger partial charge in [0.2, 0.25) is 0 Å². The third-order valence-corrected chi connectivity index (χ3v) is 1.95. The molecule has 0 spiro atoms. The average Bonchev–Trinajstić information content (AvgIpc) is 2.29. The maximum atomic E-state index is 10.8. The quantitative estimate of drug-likeness (QED) is 0.574. The first-order valence-electron chi connectivity index (χ1n) is 4.55. The van der Waals surface area contributed by atoms with Crippen LogP contribution < -0.4 is 4.74 Å². The van der Waals surface area contributed by atoms with E-state index in [2.05, 4.69) is 0 Å². The fraction of sp³-hybridized carbons (Fsp3) is 0.182. The fourth-order valence-electron chi connectivity index (χ4n) is 1.27. The Morgan fingerprint density at radius 1 is 1.62 bits per heavy atom. The van der Waals surface area contributed by atoms with Crippen molar-refractivity contribution < 1.29 is 9.66 Å². The molecule has 0 saturated heterocycles. The second-order valence-electron chi connectivity index (χ2n) is 2.91. The van der Waals surface area contributed by atoms with Gasteiger partial charge in [0, 0.05) is 6.07 Å². The van der Waals surface area contributed by atoms with Crippen LogP contribution in [0.5, 0.6) is 5.75 Å². The molecule has 1 aromatic rings. The Labute approximate surface area is 92.7 Å². The number of hydrogen-bond donors (Lipinski definition) is 0. The first-order valence-corrected chi connectivity index (χ1v) is 4.55. The second kappa shape index (κ2) is 5.51. The summed E-state index contributed by atoms with van der Waals surface area (Å²) in [6, 6.07) is 6.52. The van der Waals surface area contributed by atoms with E-state index in [1.165, 1.54) is 19.3 Å². The molecular formula is C11H10N2O3. The van der Waals surface area contributed by atoms with Crippen LogP contribution in [0.4, 0.5) is 5.69 Å². The topological polar surface area (TPSA) is 76.2 Å². The zero-order valence-electron chi connectivity index (χ0n) is 8.71. The highest BCUT2D eigenvalue weighted by Crippen LogP contribution is 2.29. The summed E-state index contributed by atoms with van der Waals surface area (Å²) < 4.78 is 5.03. The van der Waals surface area contributed by atoms with Gasteiger partial charge in [0.05, 0.1) is 30.1 Å². The van der Waals surface area contributed by atoms with Crippen LogP contribution in [0.2, 0.25) is 0 Å². The number of nitro groups is 1. The van der Waals surface area contributed by atoms with Crippen molar-refractivity contribution >= 4 is 11.8 Å². The summed E-state index contributed by atoms with van der Waals surface area (Å²) in [7, 11) is 1.45. The van der Waals surface area contributed by atoms with Crippen LogP contribution in [-0.2, 0) is 0 Å². The predicted molar refractivity (Wildman–Crippen MR) is 58.9 cm³/mol. The van der Waals surface area contributed by atoms with Crippen molar-refractivity contribution in [3.05, 3.63) is 40.0 Å². The minimum Gasteiger partial charge on any atom is -0.496 e. The van der Waals surface area contributed by atoms with E-state index in [0.29, 0.717) is 11.3 Å². The lowest BCUT2D eigenvalue weighted by molar-refractivity contribution is -0.385. The number of nitrogens with zero attached hydrogens (tertiary/aromatic N) is 2. The van der Waals surface area contributed by atoms with Crippen molar-refractivity contribution in [3.63, 3.8) is 0 Å². The van der Waals surface area contributed by atoms with Gasteiger partial charge in [-0.25, -0.2) is 0 Å². The molecule has 16 heavy (non-hydrogen) atoms. The summed E-state index contributed by atoms with van der Waals surface area (Å²) in [5.41, 5.74) is 0.346. The van der Waals surface area contributed by atoms with E-state index in [0.717, 1.165) is 0 Å². The van der Waals surface area contributed by atoms with Crippen LogP contribution in [0, 0.1) is 21.4 Å². The summed E-state index contributed by atoms with van der Waals surface area (Å²) in [4.78, 5) is 10.3. The summed E-state index contributed by atoms with van der Waals surface area (Å²) >= 11 is 0. The largest absolute Gasteiger partial charge is 0.496 e. The molecule has 5 nitrogen and oxygen atoms in total. The van der Waals surface area contributed by atoms with Gasteiger partial charge in [-0.15, -0.1) is 0 Å². The number of nitro benzene ring substituents is 1. The van der Waals surface area contributed by atoms with Crippen LogP contribution in [0.25, 0.3) is 6.08 Å². The lowest BCUT2D eigenvalue weighted by Gasteiger charge is -2.04. The minimum absolute atomic E-state index is 0.0338. The van der Waals surface area contributed by atoms with Crippen LogP contribution in [0.3, 0.4) is 0 Å². The van der Waals surface area contributed by atoms with E-state index in [9.17, 15) is 10.1 Å². The van der Waals surface area contributed by atoms with Crippen molar-refractivity contribution in [2.45, 2.75) is 6.42 Å². The van der Waals surface area contributed by atoms with Gasteiger partial charge in [-0.3, -0.25) is 10.1 Å². The molecule has 5 heteroatoms. The highest BCUT2D eigenvalue weighted by molar-refractivity contribution is 5.67. The zero-order valence-corrected chi connectivity index (χ0v) is 8.71. The molecule has 0 aromatic heterocycles. The van der Waals surface area contributed by atoms with E-state index in [1.807, 2.05) is 6.07 Å². The van der Waals surface area contributed by atoms with Gasteiger partial charge < -0.3 is 4.74 Å². The third-order valence-electron chi connectivity index (χ3n) is 1.95. The molecule has 0 amide bonds. The molecule has 0 saturated carbocycles. The maximum absolute atomic E-state index is 10.8. The molecule has 0 aliphatic heterocycles. The number of rotatable bonds is 4. The fourth-order valence-corrected chi connectivity index (χ4v) is 1.27. The Bertz CT molecular complexity index is 461. The maximum Gasteiger partial charge on any atom is 0.280 e. The number of methoxy groups -OCH3 is 1. The molecular weight excluding hydrogens is 208 g/mol. The molecule has 1 rings (SSSR count). The molecule has 0 radical (unpaired) electrons.